The fraction of sp³-hybridized carbons (Fsp3) is 0.333. The highest BCUT2D eigenvalue weighted by Crippen LogP contribution is 2.43. The average Bonchev–Trinajstić information content (AvgIpc) is 1.61. The van der Waals surface area contributed by atoms with Crippen LogP contribution in [0.15, 0.2) is 69.2 Å². The molecule has 1 saturated heterocycles. The predicted molar refractivity (Wildman–Crippen MR) is 345 cm³/mol. The third-order valence-electron chi connectivity index (χ3n) is 16.1. The Bertz CT molecular complexity index is 4570. The van der Waals surface area contributed by atoms with E-state index >= 15 is 9.59 Å². The molecule has 0 saturated carbocycles. The van der Waals surface area contributed by atoms with Crippen molar-refractivity contribution in [3.8, 4) is 38.4 Å². The van der Waals surface area contributed by atoms with Crippen LogP contribution in [0, 0.1) is 0 Å². The van der Waals surface area contributed by atoms with Crippen molar-refractivity contribution in [1.82, 2.24) is 66.5 Å². The van der Waals surface area contributed by atoms with Gasteiger partial charge in [-0.1, -0.05) is 18.7 Å². The number of hydrogen-bond acceptors (Lipinski definition) is 30. The van der Waals surface area contributed by atoms with Crippen LogP contribution in [-0.2, 0) is 56.0 Å². The van der Waals surface area contributed by atoms with Crippen LogP contribution in [-0.4, -0.2) is 172 Å². The zero-order valence-corrected chi connectivity index (χ0v) is 55.8. The number of thiazole rings is 5. The zero-order valence-electron chi connectivity index (χ0n) is 51.7. The minimum atomic E-state index is -1.92. The highest BCUT2D eigenvalue weighted by molar-refractivity contribution is 7.14. The second-order valence-electron chi connectivity index (χ2n) is 22.7. The molecule has 4 aliphatic heterocycles. The molecule has 506 valence electrons. The maximum atomic E-state index is 15.1. The number of benzene rings is 1. The molecule has 7 aromatic heterocycles. The Hall–Kier alpha value is -9.54. The summed E-state index contributed by atoms with van der Waals surface area (Å²) in [4.78, 5) is 142. The van der Waals surface area contributed by atoms with Gasteiger partial charge in [0.2, 0.25) is 5.91 Å². The van der Waals surface area contributed by atoms with Gasteiger partial charge in [0.25, 0.3) is 29.5 Å². The molecule has 12 rings (SSSR count). The number of pyridine rings is 1. The van der Waals surface area contributed by atoms with Crippen molar-refractivity contribution in [3.63, 3.8) is 0 Å². The molecule has 10 atom stereocenters. The van der Waals surface area contributed by atoms with Crippen LogP contribution in [0.3, 0.4) is 0 Å². The van der Waals surface area contributed by atoms with Gasteiger partial charge in [0.1, 0.15) is 120 Å². The summed E-state index contributed by atoms with van der Waals surface area (Å²) in [5, 5.41) is 70.1. The molecule has 11 heterocycles. The molecule has 12 N–H and O–H groups in total. The third kappa shape index (κ3) is 13.3. The number of nitrogens with two attached hydrogens (primary N) is 1. The summed E-state index contributed by atoms with van der Waals surface area (Å²) >= 11 is 4.45. The molecule has 0 spiro atoms. The van der Waals surface area contributed by atoms with E-state index < -0.39 is 145 Å². The van der Waals surface area contributed by atoms with Crippen LogP contribution < -0.4 is 37.6 Å². The van der Waals surface area contributed by atoms with Gasteiger partial charge in [-0.05, 0) is 52.4 Å². The fourth-order valence-electron chi connectivity index (χ4n) is 11.3. The number of cyclic esters (lactones) is 2. The number of aliphatic hydroxyl groups is 2. The molecule has 1 fully saturated rings. The Labute approximate surface area is 567 Å². The summed E-state index contributed by atoms with van der Waals surface area (Å²) in [5.41, 5.74) is 1.97. The second-order valence-corrected chi connectivity index (χ2v) is 27.0. The summed E-state index contributed by atoms with van der Waals surface area (Å²) in [6.45, 7) is 7.61. The number of hydrogen-bond donors (Lipinski definition) is 11. The van der Waals surface area contributed by atoms with E-state index in [4.69, 9.17) is 49.1 Å². The van der Waals surface area contributed by atoms with Gasteiger partial charge < -0.3 is 86.6 Å². The first-order valence-electron chi connectivity index (χ1n) is 29.3. The Morgan fingerprint density at radius 1 is 0.856 bits per heavy atom. The summed E-state index contributed by atoms with van der Waals surface area (Å²) < 4.78 is 38.0. The summed E-state index contributed by atoms with van der Waals surface area (Å²) in [6, 6.07) is 0.568. The molecule has 0 aliphatic carbocycles. The monoisotopic (exact) mass is 1420 g/mol. The number of allylic oxidation sites excluding steroid dienone is 1. The quantitative estimate of drug-likeness (QED) is 0.0426. The van der Waals surface area contributed by atoms with Gasteiger partial charge in [-0.2, -0.15) is 4.73 Å². The lowest BCUT2D eigenvalue weighted by molar-refractivity contribution is -0.272. The van der Waals surface area contributed by atoms with E-state index in [1.807, 2.05) is 0 Å². The smallest absolute Gasteiger partial charge is 0.358 e. The van der Waals surface area contributed by atoms with Crippen LogP contribution in [0.5, 0.6) is 5.75 Å². The first-order chi connectivity index (χ1) is 46.3. The number of aromatic nitrogens is 7. The standard InChI is InChI=1S/C60H58N14O18S5/c1-21(47(61)77)63-48(78)30-18-96-56(68-30)41-35(76)11-26-40(70-41)29-16-94-54(65-29)28-15-90-58(83)43-27-14-88-44(45(92-36-12-60(5,85)46(62-6)24(4)91-36)59(84)89-13-25-9-8-10-34(37(25)27)74(43)86)42(57-69-31(19-97-57)49(79)64-28)73-51(81)33-20-95-55(67-33)39(23(3)87-7)72-52(82)38(22(2)75)71-50(80)32-17-93-53(26)66-32/h8-11,16-20,22,24,28,36,38,42,44-46,62,75-76,85-86H,1,12-15H2,2-7H3,(H2,61,77)(H,63,78)(H,64,79)(H,71,80)(H,72,82)(H,73,81)/b39-23+. The van der Waals surface area contributed by atoms with Gasteiger partial charge in [0, 0.05) is 49.8 Å². The molecule has 37 heteroatoms. The van der Waals surface area contributed by atoms with Crippen molar-refractivity contribution in [2.24, 2.45) is 5.73 Å². The number of fused-ring (bicyclic) bond motifs is 15. The Kier molecular flexibility index (Phi) is 18.9. The molecule has 97 heavy (non-hydrogen) atoms. The SMILES string of the molecule is C=C(NC(=O)c1csc(-c2nc3c(cc2O)-c2nc(cs2)C(=O)NC(C(C)O)C(=O)N/C(=C(\C)OC)c2nc(cs2)C(=O)NC2c4nc(cs4)C(=O)NC(COC(=O)c4c5c6c(cccc6n4O)COC(=O)C(OC4CC(C)(O)C(NC)C(C)O4)C2OC5)c2nc-3cs2)n1)C(N)=O. The average molecular weight is 1420 g/mol. The van der Waals surface area contributed by atoms with Gasteiger partial charge in [-0.15, -0.1) is 56.7 Å². The maximum Gasteiger partial charge on any atom is 0.358 e. The number of nitrogens with zero attached hydrogens (tertiary/aromatic N) is 7. The lowest BCUT2D eigenvalue weighted by Gasteiger charge is -2.45. The fourth-order valence-corrected chi connectivity index (χ4v) is 15.5. The minimum absolute atomic E-state index is 0.00733. The lowest BCUT2D eigenvalue weighted by atomic mass is 9.86. The lowest BCUT2D eigenvalue weighted by Crippen LogP contribution is -2.61. The number of aromatic hydroxyl groups is 1. The van der Waals surface area contributed by atoms with E-state index in [0.29, 0.717) is 10.3 Å². The molecule has 32 nitrogen and oxygen atoms in total. The number of ether oxygens (including phenoxy) is 6. The minimum Gasteiger partial charge on any atom is -0.506 e. The number of amides is 6. The van der Waals surface area contributed by atoms with Gasteiger partial charge in [0.15, 0.2) is 18.1 Å². The van der Waals surface area contributed by atoms with E-state index in [1.54, 1.807) is 33.0 Å². The number of carbonyl (C=O) groups excluding carboxylic acids is 8. The number of rotatable bonds is 9. The van der Waals surface area contributed by atoms with Crippen LogP contribution in [0.25, 0.3) is 49.3 Å². The first kappa shape index (κ1) is 67.4. The number of likely N-dealkylation sites (N-methyl/N-ethyl adjacent to an activating group) is 1. The largest absolute Gasteiger partial charge is 0.506 e. The number of primary amides is 1. The number of nitrogens with one attached hydrogen (secondary N) is 6. The second kappa shape index (κ2) is 27.2. The van der Waals surface area contributed by atoms with Gasteiger partial charge in [-0.3, -0.25) is 28.8 Å². The zero-order chi connectivity index (χ0) is 69.0. The van der Waals surface area contributed by atoms with Crippen LogP contribution >= 0.6 is 56.7 Å². The van der Waals surface area contributed by atoms with Crippen molar-refractivity contribution in [2.45, 2.75) is 108 Å². The number of esters is 2. The molecule has 10 unspecified atom stereocenters. The Morgan fingerprint density at radius 2 is 1.53 bits per heavy atom. The van der Waals surface area contributed by atoms with E-state index in [-0.39, 0.29) is 105 Å². The molecule has 8 aromatic rings. The molecule has 1 aromatic carbocycles. The van der Waals surface area contributed by atoms with Gasteiger partial charge >= 0.3 is 11.9 Å². The number of methoxy groups -OCH3 is 1. The first-order valence-corrected chi connectivity index (χ1v) is 33.7. The topological polar surface area (TPSA) is 453 Å². The number of aliphatic hydroxyl groups excluding tert-OH is 1. The molecular weight excluding hydrogens is 1370 g/mol. The van der Waals surface area contributed by atoms with E-state index in [9.17, 15) is 49.3 Å². The molecule has 4 aliphatic rings. The van der Waals surface area contributed by atoms with Crippen LogP contribution in [0.4, 0.5) is 0 Å². The van der Waals surface area contributed by atoms with Crippen molar-refractivity contribution < 1.29 is 87.3 Å². The van der Waals surface area contributed by atoms with Crippen molar-refractivity contribution in [2.75, 3.05) is 20.8 Å². The van der Waals surface area contributed by atoms with Gasteiger partial charge in [-0.25, -0.2) is 39.5 Å². The Balaban J connectivity index is 1.04. The summed E-state index contributed by atoms with van der Waals surface area (Å²) in [6.07, 6.45) is -7.59. The normalized spacial score (nSPS) is 24.1. The maximum absolute atomic E-state index is 15.1. The summed E-state index contributed by atoms with van der Waals surface area (Å²) in [7, 11) is 2.94. The molecule has 6 amide bonds. The van der Waals surface area contributed by atoms with Crippen LogP contribution in [0.1, 0.15) is 125 Å². The highest BCUT2D eigenvalue weighted by atomic mass is 32.1. The van der Waals surface area contributed by atoms with E-state index in [2.05, 4.69) is 53.4 Å². The predicted octanol–water partition coefficient (Wildman–Crippen LogP) is 3.55. The number of carbonyl (C=O) groups is 8. The summed E-state index contributed by atoms with van der Waals surface area (Å²) in [5.74, 6) is -8.29. The van der Waals surface area contributed by atoms with Crippen LogP contribution in [0.2, 0.25) is 0 Å². The molecule has 12 bridgehead atoms. The van der Waals surface area contributed by atoms with Crippen molar-refractivity contribution in [1.29, 1.82) is 0 Å². The van der Waals surface area contributed by atoms with E-state index in [0.717, 1.165) is 56.7 Å². The van der Waals surface area contributed by atoms with Gasteiger partial charge in [0.05, 0.1) is 48.8 Å². The van der Waals surface area contributed by atoms with Crippen molar-refractivity contribution >= 4 is 121 Å². The Morgan fingerprint density at radius 3 is 2.25 bits per heavy atom. The van der Waals surface area contributed by atoms with Crippen molar-refractivity contribution in [3.05, 3.63) is 124 Å². The third-order valence-corrected chi connectivity index (χ3v) is 20.6. The van der Waals surface area contributed by atoms with E-state index in [1.165, 1.54) is 60.0 Å². The molecular formula is C60H58N14O18S5. The highest BCUT2D eigenvalue weighted by Gasteiger charge is 2.49. The molecule has 0 radical (unpaired) electrons.